The van der Waals surface area contributed by atoms with Gasteiger partial charge in [0.25, 0.3) is 5.91 Å². The maximum absolute atomic E-state index is 12.8. The number of piperidine rings is 1. The summed E-state index contributed by atoms with van der Waals surface area (Å²) in [6.45, 7) is 2.96. The van der Waals surface area contributed by atoms with Crippen molar-refractivity contribution in [2.45, 2.75) is 31.1 Å². The van der Waals surface area contributed by atoms with E-state index in [1.165, 1.54) is 15.6 Å². The molecule has 1 aliphatic rings. The molecule has 5 nitrogen and oxygen atoms in total. The van der Waals surface area contributed by atoms with Crippen LogP contribution < -0.4 is 5.32 Å². The zero-order valence-electron chi connectivity index (χ0n) is 13.8. The lowest BCUT2D eigenvalue weighted by Gasteiger charge is -2.26. The second-order valence-corrected chi connectivity index (χ2v) is 10.4. The van der Waals surface area contributed by atoms with Crippen molar-refractivity contribution in [3.63, 3.8) is 0 Å². The van der Waals surface area contributed by atoms with Crippen molar-refractivity contribution in [3.8, 4) is 0 Å². The number of carbonyl (C=O) groups is 1. The number of amides is 1. The maximum atomic E-state index is 12.8. The molecule has 3 rings (SSSR count). The Morgan fingerprint density at radius 3 is 2.52 bits per heavy atom. The van der Waals surface area contributed by atoms with Gasteiger partial charge in [-0.1, -0.05) is 12.5 Å². The quantitative estimate of drug-likeness (QED) is 0.769. The summed E-state index contributed by atoms with van der Waals surface area (Å²) in [5, 5.41) is 2.82. The van der Waals surface area contributed by atoms with E-state index in [-0.39, 0.29) is 10.8 Å². The zero-order chi connectivity index (χ0) is 18.0. The monoisotopic (exact) mass is 442 g/mol. The smallest absolute Gasteiger partial charge is 0.265 e. The molecule has 25 heavy (non-hydrogen) atoms. The van der Waals surface area contributed by atoms with Gasteiger partial charge in [0.05, 0.1) is 13.6 Å². The molecule has 0 radical (unpaired) electrons. The number of halogens is 1. The first kappa shape index (κ1) is 18.6. The van der Waals surface area contributed by atoms with Gasteiger partial charge in [-0.25, -0.2) is 8.42 Å². The molecule has 2 heterocycles. The van der Waals surface area contributed by atoms with Crippen molar-refractivity contribution < 1.29 is 13.2 Å². The van der Waals surface area contributed by atoms with Gasteiger partial charge in [-0.15, -0.1) is 11.3 Å². The van der Waals surface area contributed by atoms with Gasteiger partial charge in [-0.2, -0.15) is 4.31 Å². The molecule has 0 spiro atoms. The fourth-order valence-corrected chi connectivity index (χ4v) is 5.60. The predicted octanol–water partition coefficient (Wildman–Crippen LogP) is 4.25. The molecule has 1 aromatic carbocycles. The number of benzene rings is 1. The van der Waals surface area contributed by atoms with Gasteiger partial charge in [-0.3, -0.25) is 4.79 Å². The summed E-state index contributed by atoms with van der Waals surface area (Å²) in [5.41, 5.74) is 1.34. The third-order valence-corrected chi connectivity index (χ3v) is 7.72. The fraction of sp³-hybridized carbons (Fsp3) is 0.353. The van der Waals surface area contributed by atoms with Crippen LogP contribution in [0.25, 0.3) is 0 Å². The minimum Gasteiger partial charge on any atom is -0.321 e. The van der Waals surface area contributed by atoms with E-state index < -0.39 is 10.0 Å². The molecule has 0 bridgehead atoms. The van der Waals surface area contributed by atoms with Crippen molar-refractivity contribution in [3.05, 3.63) is 44.6 Å². The van der Waals surface area contributed by atoms with Crippen molar-refractivity contribution in [1.82, 2.24) is 4.31 Å². The third-order valence-electron chi connectivity index (χ3n) is 4.21. The van der Waals surface area contributed by atoms with Gasteiger partial charge in [-0.05, 0) is 65.5 Å². The molecule has 1 aliphatic heterocycles. The molecule has 0 atom stereocenters. The molecule has 0 aliphatic carbocycles. The molecule has 8 heteroatoms. The van der Waals surface area contributed by atoms with Crippen LogP contribution in [-0.2, 0) is 10.0 Å². The van der Waals surface area contributed by atoms with E-state index in [0.717, 1.165) is 28.6 Å². The molecule has 1 amide bonds. The number of anilines is 1. The van der Waals surface area contributed by atoms with Crippen molar-refractivity contribution in [2.75, 3.05) is 18.4 Å². The van der Waals surface area contributed by atoms with Gasteiger partial charge in [0, 0.05) is 18.8 Å². The van der Waals surface area contributed by atoms with Gasteiger partial charge in [0.1, 0.15) is 0 Å². The Kier molecular flexibility index (Phi) is 5.62. The molecule has 1 N–H and O–H groups in total. The summed E-state index contributed by atoms with van der Waals surface area (Å²) in [6.07, 6.45) is 2.85. The minimum atomic E-state index is -3.52. The Balaban J connectivity index is 1.86. The first-order valence-electron chi connectivity index (χ1n) is 8.05. The lowest BCUT2D eigenvalue weighted by atomic mass is 10.2. The lowest BCUT2D eigenvalue weighted by molar-refractivity contribution is 0.103. The minimum absolute atomic E-state index is 0.225. The number of thiophene rings is 1. The number of hydrogen-bond acceptors (Lipinski definition) is 4. The van der Waals surface area contributed by atoms with Crippen LogP contribution in [0.5, 0.6) is 0 Å². The summed E-state index contributed by atoms with van der Waals surface area (Å²) in [6, 6.07) is 8.44. The number of nitrogens with zero attached hydrogens (tertiary/aromatic N) is 1. The Labute approximate surface area is 160 Å². The van der Waals surface area contributed by atoms with Gasteiger partial charge < -0.3 is 5.32 Å². The highest BCUT2D eigenvalue weighted by molar-refractivity contribution is 9.11. The Morgan fingerprint density at radius 2 is 1.88 bits per heavy atom. The van der Waals surface area contributed by atoms with Crippen LogP contribution in [0.2, 0.25) is 0 Å². The average Bonchev–Trinajstić information content (AvgIpc) is 3.04. The molecular formula is C17H19BrN2O3S2. The normalized spacial score (nSPS) is 15.9. The summed E-state index contributed by atoms with van der Waals surface area (Å²) < 4.78 is 28.0. The van der Waals surface area contributed by atoms with E-state index in [9.17, 15) is 13.2 Å². The molecular weight excluding hydrogens is 424 g/mol. The highest BCUT2D eigenvalue weighted by Gasteiger charge is 2.26. The van der Waals surface area contributed by atoms with Crippen molar-refractivity contribution in [1.29, 1.82) is 0 Å². The number of aryl methyl sites for hydroxylation is 1. The molecule has 1 fully saturated rings. The molecule has 0 saturated carbocycles. The first-order valence-corrected chi connectivity index (χ1v) is 11.1. The molecule has 0 unspecified atom stereocenters. The predicted molar refractivity (Wildman–Crippen MR) is 104 cm³/mol. The molecule has 1 aromatic heterocycles. The van der Waals surface area contributed by atoms with E-state index in [4.69, 9.17) is 0 Å². The summed E-state index contributed by atoms with van der Waals surface area (Å²) in [4.78, 5) is 13.2. The Hall–Kier alpha value is -1.22. The molecule has 1 saturated heterocycles. The van der Waals surface area contributed by atoms with Crippen LogP contribution >= 0.6 is 27.3 Å². The summed E-state index contributed by atoms with van der Waals surface area (Å²) in [5.74, 6) is -0.244. The van der Waals surface area contributed by atoms with Crippen LogP contribution in [-0.4, -0.2) is 31.7 Å². The SMILES string of the molecule is Cc1ccc(S(=O)(=O)N2CCCCC2)cc1NC(=O)c1ccc(Br)s1. The van der Waals surface area contributed by atoms with E-state index in [2.05, 4.69) is 21.2 Å². The fourth-order valence-electron chi connectivity index (χ4n) is 2.77. The summed E-state index contributed by atoms with van der Waals surface area (Å²) in [7, 11) is -3.52. The van der Waals surface area contributed by atoms with E-state index >= 15 is 0 Å². The summed E-state index contributed by atoms with van der Waals surface area (Å²) >= 11 is 4.67. The molecule has 134 valence electrons. The van der Waals surface area contributed by atoms with Crippen LogP contribution in [0.3, 0.4) is 0 Å². The van der Waals surface area contributed by atoms with Gasteiger partial charge >= 0.3 is 0 Å². The van der Waals surface area contributed by atoms with Crippen molar-refractivity contribution in [2.24, 2.45) is 0 Å². The zero-order valence-corrected chi connectivity index (χ0v) is 17.0. The third kappa shape index (κ3) is 4.13. The van der Waals surface area contributed by atoms with E-state index in [1.54, 1.807) is 24.3 Å². The standard InChI is InChI=1S/C17H19BrN2O3S2/c1-12-5-6-13(25(22,23)20-9-3-2-4-10-20)11-14(12)19-17(21)15-7-8-16(18)24-15/h5-8,11H,2-4,9-10H2,1H3,(H,19,21). The highest BCUT2D eigenvalue weighted by Crippen LogP contribution is 2.27. The number of hydrogen-bond donors (Lipinski definition) is 1. The van der Waals surface area contributed by atoms with Gasteiger partial charge in [0.15, 0.2) is 0 Å². The number of rotatable bonds is 4. The highest BCUT2D eigenvalue weighted by atomic mass is 79.9. The Morgan fingerprint density at radius 1 is 1.16 bits per heavy atom. The van der Waals surface area contributed by atoms with Gasteiger partial charge in [0.2, 0.25) is 10.0 Å². The average molecular weight is 443 g/mol. The number of nitrogens with one attached hydrogen (secondary N) is 1. The largest absolute Gasteiger partial charge is 0.321 e. The molecule has 2 aromatic rings. The van der Waals surface area contributed by atoms with Crippen LogP contribution in [0, 0.1) is 6.92 Å². The number of carbonyl (C=O) groups excluding carboxylic acids is 1. The Bertz CT molecular complexity index is 887. The first-order chi connectivity index (χ1) is 11.9. The van der Waals surface area contributed by atoms with E-state index in [1.807, 2.05) is 13.0 Å². The van der Waals surface area contributed by atoms with Crippen LogP contribution in [0.1, 0.15) is 34.5 Å². The van der Waals surface area contributed by atoms with E-state index in [0.29, 0.717) is 23.7 Å². The maximum Gasteiger partial charge on any atom is 0.265 e. The topological polar surface area (TPSA) is 66.5 Å². The van der Waals surface area contributed by atoms with Crippen LogP contribution in [0.4, 0.5) is 5.69 Å². The van der Waals surface area contributed by atoms with Crippen molar-refractivity contribution >= 4 is 48.9 Å². The number of sulfonamides is 1. The van der Waals surface area contributed by atoms with Crippen LogP contribution in [0.15, 0.2) is 39.0 Å². The second-order valence-electron chi connectivity index (χ2n) is 6.00. The lowest BCUT2D eigenvalue weighted by Crippen LogP contribution is -2.35. The second kappa shape index (κ2) is 7.57.